The summed E-state index contributed by atoms with van der Waals surface area (Å²) >= 11 is 0. The van der Waals surface area contributed by atoms with Crippen molar-refractivity contribution in [2.24, 2.45) is 5.41 Å². The number of hydrogen-bond acceptors (Lipinski definition) is 3. The summed E-state index contributed by atoms with van der Waals surface area (Å²) in [5.41, 5.74) is -0.810. The van der Waals surface area contributed by atoms with Crippen LogP contribution in [0.2, 0.25) is 0 Å². The van der Waals surface area contributed by atoms with Crippen LogP contribution in [0.25, 0.3) is 0 Å². The van der Waals surface area contributed by atoms with Crippen LogP contribution < -0.4 is 10.6 Å². The molecule has 1 aliphatic carbocycles. The van der Waals surface area contributed by atoms with Crippen LogP contribution >= 0.6 is 0 Å². The van der Waals surface area contributed by atoms with Gasteiger partial charge in [0.15, 0.2) is 0 Å². The van der Waals surface area contributed by atoms with Crippen LogP contribution in [0.1, 0.15) is 12.8 Å². The highest BCUT2D eigenvalue weighted by Gasteiger charge is 2.56. The van der Waals surface area contributed by atoms with Crippen molar-refractivity contribution in [1.29, 1.82) is 0 Å². The molecule has 0 heterocycles. The predicted molar refractivity (Wildman–Crippen MR) is 66.4 cm³/mol. The van der Waals surface area contributed by atoms with Crippen molar-refractivity contribution >= 4 is 11.8 Å². The van der Waals surface area contributed by atoms with Crippen LogP contribution in [0.3, 0.4) is 0 Å². The fourth-order valence-corrected chi connectivity index (χ4v) is 1.58. The first kappa shape index (κ1) is 13.7. The molecule has 0 aromatic heterocycles. The van der Waals surface area contributed by atoms with Gasteiger partial charge in [-0.3, -0.25) is 9.59 Å². The Morgan fingerprint density at radius 3 is 2.35 bits per heavy atom. The number of likely N-dealkylation sites (N-methyl/N-ethyl adjacent to an activating group) is 1. The summed E-state index contributed by atoms with van der Waals surface area (Å²) in [7, 11) is 3.88. The van der Waals surface area contributed by atoms with Crippen LogP contribution in [0.15, 0.2) is 12.7 Å². The van der Waals surface area contributed by atoms with E-state index in [-0.39, 0.29) is 11.8 Å². The van der Waals surface area contributed by atoms with E-state index in [0.29, 0.717) is 25.9 Å². The van der Waals surface area contributed by atoms with Gasteiger partial charge in [-0.1, -0.05) is 6.08 Å². The van der Waals surface area contributed by atoms with E-state index in [4.69, 9.17) is 0 Å². The molecule has 0 aromatic rings. The van der Waals surface area contributed by atoms with E-state index in [1.165, 1.54) is 0 Å². The van der Waals surface area contributed by atoms with Gasteiger partial charge in [-0.2, -0.15) is 0 Å². The van der Waals surface area contributed by atoms with Crippen molar-refractivity contribution in [3.8, 4) is 0 Å². The molecule has 1 aliphatic rings. The molecule has 1 fully saturated rings. The molecule has 5 heteroatoms. The Morgan fingerprint density at radius 1 is 1.29 bits per heavy atom. The molecule has 96 valence electrons. The highest BCUT2D eigenvalue weighted by atomic mass is 16.2. The molecule has 17 heavy (non-hydrogen) atoms. The normalized spacial score (nSPS) is 16.4. The summed E-state index contributed by atoms with van der Waals surface area (Å²) in [6, 6.07) is 0. The molecular formula is C12H21N3O2. The summed E-state index contributed by atoms with van der Waals surface area (Å²) in [5, 5.41) is 5.49. The predicted octanol–water partition coefficient (Wildman–Crippen LogP) is -0.253. The maximum atomic E-state index is 11.9. The lowest BCUT2D eigenvalue weighted by Crippen LogP contribution is -2.44. The molecule has 1 rings (SSSR count). The van der Waals surface area contributed by atoms with E-state index in [1.807, 2.05) is 19.0 Å². The molecule has 0 aliphatic heterocycles. The Bertz CT molecular complexity index is 309. The minimum absolute atomic E-state index is 0.152. The first-order chi connectivity index (χ1) is 8.03. The first-order valence-electron chi connectivity index (χ1n) is 5.85. The van der Waals surface area contributed by atoms with Crippen molar-refractivity contribution < 1.29 is 9.59 Å². The number of carbonyl (C=O) groups is 2. The maximum Gasteiger partial charge on any atom is 0.235 e. The zero-order valence-corrected chi connectivity index (χ0v) is 10.6. The average Bonchev–Trinajstić information content (AvgIpc) is 3.06. The fraction of sp³-hybridized carbons (Fsp3) is 0.667. The van der Waals surface area contributed by atoms with E-state index >= 15 is 0 Å². The Kier molecular flexibility index (Phi) is 4.69. The fourth-order valence-electron chi connectivity index (χ4n) is 1.58. The Labute approximate surface area is 102 Å². The van der Waals surface area contributed by atoms with Gasteiger partial charge >= 0.3 is 0 Å². The molecule has 0 spiro atoms. The monoisotopic (exact) mass is 239 g/mol. The van der Waals surface area contributed by atoms with E-state index in [0.717, 1.165) is 6.54 Å². The first-order valence-corrected chi connectivity index (χ1v) is 5.85. The van der Waals surface area contributed by atoms with Gasteiger partial charge in [-0.05, 0) is 26.9 Å². The third-order valence-corrected chi connectivity index (χ3v) is 2.87. The largest absolute Gasteiger partial charge is 0.354 e. The minimum Gasteiger partial charge on any atom is -0.354 e. The highest BCUT2D eigenvalue weighted by Crippen LogP contribution is 2.46. The summed E-state index contributed by atoms with van der Waals surface area (Å²) in [4.78, 5) is 25.7. The lowest BCUT2D eigenvalue weighted by Gasteiger charge is -2.16. The Morgan fingerprint density at radius 2 is 1.88 bits per heavy atom. The lowest BCUT2D eigenvalue weighted by atomic mass is 10.1. The third-order valence-electron chi connectivity index (χ3n) is 2.87. The molecule has 0 unspecified atom stereocenters. The highest BCUT2D eigenvalue weighted by molar-refractivity contribution is 6.07. The van der Waals surface area contributed by atoms with Gasteiger partial charge in [0, 0.05) is 19.6 Å². The zero-order valence-electron chi connectivity index (χ0n) is 10.6. The number of hydrogen-bond donors (Lipinski definition) is 2. The summed E-state index contributed by atoms with van der Waals surface area (Å²) in [5.74, 6) is -0.333. The van der Waals surface area contributed by atoms with Crippen molar-refractivity contribution in [2.75, 3.05) is 33.7 Å². The Hall–Kier alpha value is -1.36. The van der Waals surface area contributed by atoms with Crippen LogP contribution in [-0.4, -0.2) is 50.4 Å². The zero-order chi connectivity index (χ0) is 12.9. The SMILES string of the molecule is C=CCNC(=O)C1(C(=O)NCCN(C)C)CC1. The second kappa shape index (κ2) is 5.82. The van der Waals surface area contributed by atoms with E-state index < -0.39 is 5.41 Å². The van der Waals surface area contributed by atoms with Crippen molar-refractivity contribution in [3.63, 3.8) is 0 Å². The van der Waals surface area contributed by atoms with Crippen molar-refractivity contribution in [1.82, 2.24) is 15.5 Å². The average molecular weight is 239 g/mol. The molecule has 0 aromatic carbocycles. The van der Waals surface area contributed by atoms with Gasteiger partial charge in [-0.25, -0.2) is 0 Å². The third kappa shape index (κ3) is 3.56. The quantitative estimate of drug-likeness (QED) is 0.475. The summed E-state index contributed by atoms with van der Waals surface area (Å²) in [6.07, 6.45) is 2.89. The van der Waals surface area contributed by atoms with E-state index in [9.17, 15) is 9.59 Å². The van der Waals surface area contributed by atoms with Crippen molar-refractivity contribution in [2.45, 2.75) is 12.8 Å². The van der Waals surface area contributed by atoms with Gasteiger partial charge in [0.1, 0.15) is 5.41 Å². The van der Waals surface area contributed by atoms with Gasteiger partial charge in [0.2, 0.25) is 11.8 Å². The van der Waals surface area contributed by atoms with E-state index in [2.05, 4.69) is 17.2 Å². The smallest absolute Gasteiger partial charge is 0.235 e. The van der Waals surface area contributed by atoms with Crippen LogP contribution in [0, 0.1) is 5.41 Å². The van der Waals surface area contributed by atoms with Crippen LogP contribution in [0.4, 0.5) is 0 Å². The molecule has 0 atom stereocenters. The number of amides is 2. The van der Waals surface area contributed by atoms with Crippen LogP contribution in [0.5, 0.6) is 0 Å². The van der Waals surface area contributed by atoms with Crippen LogP contribution in [-0.2, 0) is 9.59 Å². The number of nitrogens with zero attached hydrogens (tertiary/aromatic N) is 1. The molecule has 0 saturated heterocycles. The minimum atomic E-state index is -0.810. The lowest BCUT2D eigenvalue weighted by molar-refractivity contribution is -0.137. The van der Waals surface area contributed by atoms with E-state index in [1.54, 1.807) is 6.08 Å². The molecule has 2 amide bonds. The van der Waals surface area contributed by atoms with Crippen molar-refractivity contribution in [3.05, 3.63) is 12.7 Å². The maximum absolute atomic E-state index is 11.9. The summed E-state index contributed by atoms with van der Waals surface area (Å²) < 4.78 is 0. The van der Waals surface area contributed by atoms with Gasteiger partial charge in [-0.15, -0.1) is 6.58 Å². The van der Waals surface area contributed by atoms with Gasteiger partial charge in [0.25, 0.3) is 0 Å². The second-order valence-electron chi connectivity index (χ2n) is 4.64. The standard InChI is InChI=1S/C12H21N3O2/c1-4-7-13-10(16)12(5-6-12)11(17)14-8-9-15(2)3/h4H,1,5-9H2,2-3H3,(H,13,16)(H,14,17). The molecular weight excluding hydrogens is 218 g/mol. The number of nitrogens with one attached hydrogen (secondary N) is 2. The molecule has 0 bridgehead atoms. The molecule has 1 saturated carbocycles. The topological polar surface area (TPSA) is 61.4 Å². The van der Waals surface area contributed by atoms with Gasteiger partial charge in [0.05, 0.1) is 0 Å². The molecule has 5 nitrogen and oxygen atoms in total. The number of carbonyl (C=O) groups excluding carboxylic acids is 2. The summed E-state index contributed by atoms with van der Waals surface area (Å²) in [6.45, 7) is 5.28. The van der Waals surface area contributed by atoms with Gasteiger partial charge < -0.3 is 15.5 Å². The second-order valence-corrected chi connectivity index (χ2v) is 4.64. The number of rotatable bonds is 7. The Balaban J connectivity index is 2.39. The molecule has 2 N–H and O–H groups in total. The molecule has 0 radical (unpaired) electrons.